The molecule has 26 heavy (non-hydrogen) atoms. The van der Waals surface area contributed by atoms with Gasteiger partial charge in [0.15, 0.2) is 5.96 Å². The van der Waals surface area contributed by atoms with E-state index in [1.165, 1.54) is 0 Å². The summed E-state index contributed by atoms with van der Waals surface area (Å²) in [5, 5.41) is 5.67. The van der Waals surface area contributed by atoms with Gasteiger partial charge in [-0.3, -0.25) is 0 Å². The highest BCUT2D eigenvalue weighted by molar-refractivity contribution is 14.0. The van der Waals surface area contributed by atoms with Gasteiger partial charge in [0.05, 0.1) is 26.2 Å². The van der Waals surface area contributed by atoms with Crippen LogP contribution in [0.2, 0.25) is 0 Å². The minimum atomic E-state index is -4.18. The zero-order chi connectivity index (χ0) is 18.1. The van der Waals surface area contributed by atoms with Gasteiger partial charge in [-0.25, -0.2) is 9.98 Å². The molecule has 10 heteroatoms. The second kappa shape index (κ2) is 11.4. The highest BCUT2D eigenvalue weighted by atomic mass is 127. The molecular weight excluding hydrogens is 462 g/mol. The molecule has 1 saturated heterocycles. The molecule has 0 bridgehead atoms. The molecule has 2 N–H and O–H groups in total. The Balaban J connectivity index is 0.00000338. The number of hydrogen-bond donors (Lipinski definition) is 2. The molecule has 6 nitrogen and oxygen atoms in total. The van der Waals surface area contributed by atoms with Crippen LogP contribution in [0, 0.1) is 0 Å². The summed E-state index contributed by atoms with van der Waals surface area (Å²) in [6.45, 7) is 5.39. The summed E-state index contributed by atoms with van der Waals surface area (Å²) < 4.78 is 42.2. The Morgan fingerprint density at radius 1 is 1.31 bits per heavy atom. The molecule has 0 saturated carbocycles. The van der Waals surface area contributed by atoms with Crippen molar-refractivity contribution in [3.05, 3.63) is 23.9 Å². The van der Waals surface area contributed by atoms with E-state index in [1.807, 2.05) is 19.1 Å². The number of nitrogens with one attached hydrogen (secondary N) is 2. The number of aliphatic imine (C=N–C) groups is 1. The van der Waals surface area contributed by atoms with Crippen LogP contribution < -0.4 is 15.5 Å². The Labute approximate surface area is 168 Å². The van der Waals surface area contributed by atoms with E-state index in [0.29, 0.717) is 32.3 Å². The Bertz CT molecular complexity index is 565. The van der Waals surface area contributed by atoms with Gasteiger partial charge in [-0.2, -0.15) is 13.2 Å². The summed E-state index contributed by atoms with van der Waals surface area (Å²) in [5.41, 5.74) is 0.928. The number of anilines is 1. The van der Waals surface area contributed by atoms with E-state index in [4.69, 9.17) is 4.74 Å². The van der Waals surface area contributed by atoms with Gasteiger partial charge in [0.25, 0.3) is 0 Å². The number of hydrogen-bond acceptors (Lipinski definition) is 4. The first kappa shape index (κ1) is 22.7. The second-order valence-electron chi connectivity index (χ2n) is 5.57. The van der Waals surface area contributed by atoms with Gasteiger partial charge in [0, 0.05) is 37.9 Å². The van der Waals surface area contributed by atoms with Crippen molar-refractivity contribution in [2.75, 3.05) is 44.3 Å². The predicted octanol–water partition coefficient (Wildman–Crippen LogP) is 2.54. The molecule has 1 aliphatic rings. The van der Waals surface area contributed by atoms with E-state index < -0.39 is 12.6 Å². The molecule has 0 radical (unpaired) electrons. The summed E-state index contributed by atoms with van der Waals surface area (Å²) in [6, 6.07) is 3.76. The first-order valence-corrected chi connectivity index (χ1v) is 8.35. The van der Waals surface area contributed by atoms with Crippen LogP contribution in [0.1, 0.15) is 18.9 Å². The fourth-order valence-electron chi connectivity index (χ4n) is 2.44. The van der Waals surface area contributed by atoms with Crippen LogP contribution in [0.25, 0.3) is 0 Å². The Morgan fingerprint density at radius 3 is 2.69 bits per heavy atom. The third-order valence-electron chi connectivity index (χ3n) is 3.63. The molecule has 0 unspecified atom stereocenters. The summed E-state index contributed by atoms with van der Waals surface area (Å²) >= 11 is 0. The fourth-order valence-corrected chi connectivity index (χ4v) is 2.44. The first-order valence-electron chi connectivity index (χ1n) is 8.35. The zero-order valence-corrected chi connectivity index (χ0v) is 17.0. The van der Waals surface area contributed by atoms with Crippen molar-refractivity contribution < 1.29 is 17.9 Å². The molecule has 0 amide bonds. The summed E-state index contributed by atoms with van der Waals surface area (Å²) in [6.07, 6.45) is -3.36. The van der Waals surface area contributed by atoms with Crippen LogP contribution in [0.5, 0.6) is 0 Å². The lowest BCUT2D eigenvalue weighted by atomic mass is 10.2. The van der Waals surface area contributed by atoms with Crippen LogP contribution in [0.4, 0.5) is 19.0 Å². The highest BCUT2D eigenvalue weighted by Gasteiger charge is 2.26. The van der Waals surface area contributed by atoms with E-state index in [9.17, 15) is 13.2 Å². The minimum absolute atomic E-state index is 0. The van der Waals surface area contributed by atoms with E-state index in [0.717, 1.165) is 24.5 Å². The van der Waals surface area contributed by atoms with Gasteiger partial charge in [-0.05, 0) is 13.0 Å². The van der Waals surface area contributed by atoms with Crippen molar-refractivity contribution in [2.24, 2.45) is 4.99 Å². The second-order valence-corrected chi connectivity index (χ2v) is 5.57. The Morgan fingerprint density at radius 2 is 2.04 bits per heavy atom. The maximum absolute atomic E-state index is 12.3. The van der Waals surface area contributed by atoms with Crippen molar-refractivity contribution in [3.63, 3.8) is 0 Å². The van der Waals surface area contributed by atoms with Crippen molar-refractivity contribution in [1.29, 1.82) is 0 Å². The van der Waals surface area contributed by atoms with Crippen molar-refractivity contribution in [1.82, 2.24) is 15.6 Å². The monoisotopic (exact) mass is 487 g/mol. The quantitative estimate of drug-likeness (QED) is 0.367. The van der Waals surface area contributed by atoms with Gasteiger partial charge < -0.3 is 20.3 Å². The molecular formula is C16H25F3IN5O. The van der Waals surface area contributed by atoms with E-state index in [2.05, 4.69) is 25.5 Å². The molecule has 148 valence electrons. The Hall–Kier alpha value is -1.30. The molecule has 1 aromatic heterocycles. The zero-order valence-electron chi connectivity index (χ0n) is 14.7. The summed E-state index contributed by atoms with van der Waals surface area (Å²) in [5.74, 6) is 1.21. The number of pyridine rings is 1. The summed E-state index contributed by atoms with van der Waals surface area (Å²) in [4.78, 5) is 11.0. The van der Waals surface area contributed by atoms with Gasteiger partial charge in [0.2, 0.25) is 0 Å². The van der Waals surface area contributed by atoms with Crippen LogP contribution in [0.15, 0.2) is 23.3 Å². The van der Waals surface area contributed by atoms with Crippen molar-refractivity contribution in [3.8, 4) is 0 Å². The molecule has 1 fully saturated rings. The number of morpholine rings is 1. The molecule has 1 aromatic rings. The molecule has 0 atom stereocenters. The maximum Gasteiger partial charge on any atom is 0.390 e. The number of alkyl halides is 3. The van der Waals surface area contributed by atoms with Crippen molar-refractivity contribution >= 4 is 35.8 Å². The van der Waals surface area contributed by atoms with E-state index in [1.54, 1.807) is 6.20 Å². The number of nitrogens with zero attached hydrogens (tertiary/aromatic N) is 3. The number of halogens is 4. The normalized spacial score (nSPS) is 15.4. The van der Waals surface area contributed by atoms with Gasteiger partial charge in [0.1, 0.15) is 5.82 Å². The lowest BCUT2D eigenvalue weighted by molar-refractivity contribution is -0.132. The standard InChI is InChI=1S/C16H24F3N5O.HI/c1-2-20-15(22-7-5-16(17,18)19)23-12-13-4-3-6-21-14(13)24-8-10-25-11-9-24;/h3-4,6H,2,5,7-12H2,1H3,(H2,20,22,23);1H. The molecule has 1 aliphatic heterocycles. The highest BCUT2D eigenvalue weighted by Crippen LogP contribution is 2.19. The third kappa shape index (κ3) is 7.94. The van der Waals surface area contributed by atoms with Crippen LogP contribution >= 0.6 is 24.0 Å². The number of aromatic nitrogens is 1. The molecule has 2 heterocycles. The van der Waals surface area contributed by atoms with Gasteiger partial charge in [-0.1, -0.05) is 6.07 Å². The van der Waals surface area contributed by atoms with Crippen molar-refractivity contribution in [2.45, 2.75) is 26.1 Å². The molecule has 0 spiro atoms. The van der Waals surface area contributed by atoms with E-state index in [-0.39, 0.29) is 30.5 Å². The third-order valence-corrected chi connectivity index (χ3v) is 3.63. The lowest BCUT2D eigenvalue weighted by Gasteiger charge is -2.29. The lowest BCUT2D eigenvalue weighted by Crippen LogP contribution is -2.39. The van der Waals surface area contributed by atoms with Crippen LogP contribution in [-0.2, 0) is 11.3 Å². The predicted molar refractivity (Wildman–Crippen MR) is 106 cm³/mol. The number of rotatable bonds is 6. The fraction of sp³-hybridized carbons (Fsp3) is 0.625. The van der Waals surface area contributed by atoms with E-state index >= 15 is 0 Å². The average Bonchev–Trinajstić information content (AvgIpc) is 2.59. The van der Waals surface area contributed by atoms with Crippen LogP contribution in [0.3, 0.4) is 0 Å². The smallest absolute Gasteiger partial charge is 0.378 e. The molecule has 2 rings (SSSR count). The molecule has 0 aliphatic carbocycles. The number of guanidine groups is 1. The summed E-state index contributed by atoms with van der Waals surface area (Å²) in [7, 11) is 0. The van der Waals surface area contributed by atoms with Crippen LogP contribution in [-0.4, -0.2) is 56.5 Å². The minimum Gasteiger partial charge on any atom is -0.378 e. The number of ether oxygens (including phenoxy) is 1. The van der Waals surface area contributed by atoms with Gasteiger partial charge in [-0.15, -0.1) is 24.0 Å². The van der Waals surface area contributed by atoms with Gasteiger partial charge >= 0.3 is 6.18 Å². The average molecular weight is 487 g/mol. The first-order chi connectivity index (χ1) is 12.0. The largest absolute Gasteiger partial charge is 0.390 e. The molecule has 0 aromatic carbocycles. The Kier molecular flexibility index (Phi) is 9.99. The maximum atomic E-state index is 12.3. The SMILES string of the molecule is CCNC(=NCc1cccnc1N1CCOCC1)NCCC(F)(F)F.I. The topological polar surface area (TPSA) is 61.8 Å².